The average Bonchev–Trinajstić information content (AvgIpc) is 2.22. The van der Waals surface area contributed by atoms with Gasteiger partial charge in [0, 0.05) is 24.3 Å². The van der Waals surface area contributed by atoms with Crippen LogP contribution in [0, 0.1) is 12.8 Å². The molecule has 3 nitrogen and oxygen atoms in total. The van der Waals surface area contributed by atoms with E-state index in [2.05, 4.69) is 19.2 Å². The molecule has 0 bridgehead atoms. The second-order valence-corrected chi connectivity index (χ2v) is 4.57. The molecule has 0 unspecified atom stereocenters. The van der Waals surface area contributed by atoms with Crippen LogP contribution >= 0.6 is 0 Å². The minimum absolute atomic E-state index is 0.138. The standard InChI is InChI=1S/C13H22N2O/c1-5-15-11(4)6-7-12(13(15)16)9-14-8-10(2)3/h6-7,10,14H,5,8-9H2,1-4H3. The number of hydrogen-bond acceptors (Lipinski definition) is 2. The van der Waals surface area contributed by atoms with E-state index in [0.717, 1.165) is 24.3 Å². The average molecular weight is 222 g/mol. The van der Waals surface area contributed by atoms with E-state index in [9.17, 15) is 4.79 Å². The number of hydrogen-bond donors (Lipinski definition) is 1. The molecule has 0 radical (unpaired) electrons. The molecule has 0 aliphatic carbocycles. The van der Waals surface area contributed by atoms with Gasteiger partial charge in [0.1, 0.15) is 0 Å². The maximum absolute atomic E-state index is 12.0. The van der Waals surface area contributed by atoms with Crippen molar-refractivity contribution in [3.8, 4) is 0 Å². The van der Waals surface area contributed by atoms with Gasteiger partial charge in [0.05, 0.1) is 0 Å². The number of nitrogens with one attached hydrogen (secondary N) is 1. The van der Waals surface area contributed by atoms with Gasteiger partial charge < -0.3 is 9.88 Å². The van der Waals surface area contributed by atoms with Crippen LogP contribution in [0.15, 0.2) is 16.9 Å². The Kier molecular flexibility index (Phi) is 4.74. The van der Waals surface area contributed by atoms with Crippen LogP contribution in [0.1, 0.15) is 32.0 Å². The summed E-state index contributed by atoms with van der Waals surface area (Å²) in [5.74, 6) is 0.610. The van der Waals surface area contributed by atoms with Crippen LogP contribution in [0.4, 0.5) is 0 Å². The summed E-state index contributed by atoms with van der Waals surface area (Å²) in [6.45, 7) is 10.6. The second kappa shape index (κ2) is 5.85. The fourth-order valence-electron chi connectivity index (χ4n) is 1.74. The van der Waals surface area contributed by atoms with E-state index >= 15 is 0 Å². The van der Waals surface area contributed by atoms with E-state index in [1.165, 1.54) is 0 Å². The number of aromatic nitrogens is 1. The number of aryl methyl sites for hydroxylation is 1. The first-order valence-electron chi connectivity index (χ1n) is 5.96. The van der Waals surface area contributed by atoms with Crippen molar-refractivity contribution in [2.45, 2.75) is 40.8 Å². The molecule has 0 fully saturated rings. The van der Waals surface area contributed by atoms with Gasteiger partial charge in [-0.25, -0.2) is 0 Å². The molecular weight excluding hydrogens is 200 g/mol. The maximum atomic E-state index is 12.0. The Balaban J connectivity index is 2.78. The SMILES string of the molecule is CCn1c(C)ccc(CNCC(C)C)c1=O. The Bertz CT molecular complexity index is 393. The molecule has 0 aromatic carbocycles. The molecule has 0 spiro atoms. The van der Waals surface area contributed by atoms with Gasteiger partial charge in [-0.2, -0.15) is 0 Å². The van der Waals surface area contributed by atoms with Gasteiger partial charge in [0.15, 0.2) is 0 Å². The highest BCUT2D eigenvalue weighted by Crippen LogP contribution is 1.99. The predicted molar refractivity (Wildman–Crippen MR) is 67.7 cm³/mol. The lowest BCUT2D eigenvalue weighted by molar-refractivity contribution is 0.547. The summed E-state index contributed by atoms with van der Waals surface area (Å²) >= 11 is 0. The van der Waals surface area contributed by atoms with Crippen molar-refractivity contribution >= 4 is 0 Å². The van der Waals surface area contributed by atoms with Crippen LogP contribution in [0.5, 0.6) is 0 Å². The van der Waals surface area contributed by atoms with Crippen molar-refractivity contribution in [2.75, 3.05) is 6.54 Å². The Morgan fingerprint density at radius 1 is 1.38 bits per heavy atom. The van der Waals surface area contributed by atoms with Gasteiger partial charge in [-0.1, -0.05) is 19.9 Å². The van der Waals surface area contributed by atoms with Crippen LogP contribution in [-0.2, 0) is 13.1 Å². The molecule has 1 rings (SSSR count). The van der Waals surface area contributed by atoms with Crippen LogP contribution in [0.3, 0.4) is 0 Å². The number of rotatable bonds is 5. The molecule has 1 aromatic heterocycles. The van der Waals surface area contributed by atoms with Crippen molar-refractivity contribution in [1.82, 2.24) is 9.88 Å². The monoisotopic (exact) mass is 222 g/mol. The molecule has 90 valence electrons. The Labute approximate surface area is 97.5 Å². The van der Waals surface area contributed by atoms with Crippen LogP contribution in [0.25, 0.3) is 0 Å². The highest BCUT2D eigenvalue weighted by atomic mass is 16.1. The zero-order chi connectivity index (χ0) is 12.1. The minimum Gasteiger partial charge on any atom is -0.313 e. The Morgan fingerprint density at radius 3 is 2.62 bits per heavy atom. The largest absolute Gasteiger partial charge is 0.313 e. The molecule has 16 heavy (non-hydrogen) atoms. The molecular formula is C13H22N2O. The first-order chi connectivity index (χ1) is 7.56. The lowest BCUT2D eigenvalue weighted by atomic mass is 10.2. The summed E-state index contributed by atoms with van der Waals surface area (Å²) in [7, 11) is 0. The normalized spacial score (nSPS) is 11.1. The van der Waals surface area contributed by atoms with Gasteiger partial charge in [-0.3, -0.25) is 4.79 Å². The molecule has 3 heteroatoms. The van der Waals surface area contributed by atoms with Crippen molar-refractivity contribution in [3.63, 3.8) is 0 Å². The predicted octanol–water partition coefficient (Wildman–Crippen LogP) is 1.92. The Morgan fingerprint density at radius 2 is 2.06 bits per heavy atom. The van der Waals surface area contributed by atoms with Crippen molar-refractivity contribution in [1.29, 1.82) is 0 Å². The third kappa shape index (κ3) is 3.20. The molecule has 1 N–H and O–H groups in total. The summed E-state index contributed by atoms with van der Waals surface area (Å²) in [6, 6.07) is 3.94. The molecule has 1 aromatic rings. The van der Waals surface area contributed by atoms with E-state index < -0.39 is 0 Å². The quantitative estimate of drug-likeness (QED) is 0.826. The van der Waals surface area contributed by atoms with Gasteiger partial charge in [0.25, 0.3) is 5.56 Å². The second-order valence-electron chi connectivity index (χ2n) is 4.57. The number of pyridine rings is 1. The molecule has 0 aliphatic rings. The molecule has 0 amide bonds. The summed E-state index contributed by atoms with van der Waals surface area (Å²) in [4.78, 5) is 12.0. The fraction of sp³-hybridized carbons (Fsp3) is 0.615. The van der Waals surface area contributed by atoms with E-state index in [0.29, 0.717) is 12.5 Å². The summed E-state index contributed by atoms with van der Waals surface area (Å²) in [6.07, 6.45) is 0. The lowest BCUT2D eigenvalue weighted by Crippen LogP contribution is -2.29. The van der Waals surface area contributed by atoms with Gasteiger partial charge in [-0.15, -0.1) is 0 Å². The zero-order valence-electron chi connectivity index (χ0n) is 10.7. The summed E-state index contributed by atoms with van der Waals surface area (Å²) < 4.78 is 1.81. The van der Waals surface area contributed by atoms with E-state index in [1.54, 1.807) is 0 Å². The lowest BCUT2D eigenvalue weighted by Gasteiger charge is -2.11. The van der Waals surface area contributed by atoms with Crippen LogP contribution in [-0.4, -0.2) is 11.1 Å². The van der Waals surface area contributed by atoms with Crippen molar-refractivity contribution < 1.29 is 0 Å². The highest BCUT2D eigenvalue weighted by molar-refractivity contribution is 5.15. The van der Waals surface area contributed by atoms with Crippen molar-refractivity contribution in [3.05, 3.63) is 33.7 Å². The topological polar surface area (TPSA) is 34.0 Å². The first-order valence-corrected chi connectivity index (χ1v) is 5.96. The molecule has 1 heterocycles. The molecule has 0 saturated heterocycles. The number of nitrogens with zero attached hydrogens (tertiary/aromatic N) is 1. The van der Waals surface area contributed by atoms with Gasteiger partial charge in [-0.05, 0) is 32.4 Å². The minimum atomic E-state index is 0.138. The smallest absolute Gasteiger partial charge is 0.255 e. The summed E-state index contributed by atoms with van der Waals surface area (Å²) in [5, 5.41) is 3.30. The fourth-order valence-corrected chi connectivity index (χ4v) is 1.74. The van der Waals surface area contributed by atoms with Crippen LogP contribution in [0.2, 0.25) is 0 Å². The van der Waals surface area contributed by atoms with Crippen molar-refractivity contribution in [2.24, 2.45) is 5.92 Å². The molecule has 0 saturated carbocycles. The summed E-state index contributed by atoms with van der Waals surface area (Å²) in [5.41, 5.74) is 2.02. The van der Waals surface area contributed by atoms with Gasteiger partial charge >= 0.3 is 0 Å². The van der Waals surface area contributed by atoms with E-state index in [1.807, 2.05) is 30.5 Å². The third-order valence-electron chi connectivity index (χ3n) is 2.66. The molecule has 0 aliphatic heterocycles. The van der Waals surface area contributed by atoms with Crippen LogP contribution < -0.4 is 10.9 Å². The zero-order valence-corrected chi connectivity index (χ0v) is 10.7. The van der Waals surface area contributed by atoms with E-state index in [4.69, 9.17) is 0 Å². The Hall–Kier alpha value is -1.09. The molecule has 0 atom stereocenters. The maximum Gasteiger partial charge on any atom is 0.255 e. The third-order valence-corrected chi connectivity index (χ3v) is 2.66. The van der Waals surface area contributed by atoms with E-state index in [-0.39, 0.29) is 5.56 Å². The first kappa shape index (κ1) is 13.0. The highest BCUT2D eigenvalue weighted by Gasteiger charge is 2.04. The van der Waals surface area contributed by atoms with Gasteiger partial charge in [0.2, 0.25) is 0 Å².